The molecule has 0 saturated carbocycles. The first-order chi connectivity index (χ1) is 8.02. The molecule has 4 heteroatoms. The van der Waals surface area contributed by atoms with Crippen molar-refractivity contribution in [1.29, 1.82) is 0 Å². The lowest BCUT2D eigenvalue weighted by Crippen LogP contribution is -2.51. The molecule has 1 amide bonds. The number of hydrogen-bond acceptors (Lipinski definition) is 3. The van der Waals surface area contributed by atoms with Gasteiger partial charge in [-0.05, 0) is 18.9 Å². The standard InChI is InChI=1S/C13H20N2O2/c1-3-13(2,9-16)15-12(17)11(14)10-7-5-4-6-8-10/h4-8,11,16H,3,9,14H2,1-2H3,(H,15,17). The van der Waals surface area contributed by atoms with E-state index in [-0.39, 0.29) is 12.5 Å². The monoisotopic (exact) mass is 236 g/mol. The Hall–Kier alpha value is -1.39. The van der Waals surface area contributed by atoms with Crippen molar-refractivity contribution < 1.29 is 9.90 Å². The summed E-state index contributed by atoms with van der Waals surface area (Å²) in [5.74, 6) is -0.269. The molecule has 0 aliphatic rings. The molecule has 0 saturated heterocycles. The molecule has 0 aliphatic carbocycles. The third-order valence-corrected chi connectivity index (χ3v) is 3.00. The maximum atomic E-state index is 11.9. The van der Waals surface area contributed by atoms with Crippen molar-refractivity contribution in [2.45, 2.75) is 31.8 Å². The van der Waals surface area contributed by atoms with E-state index in [9.17, 15) is 9.90 Å². The molecule has 2 unspecified atom stereocenters. The Morgan fingerprint density at radius 3 is 2.53 bits per heavy atom. The molecule has 4 N–H and O–H groups in total. The Kier molecular flexibility index (Phi) is 4.66. The van der Waals surface area contributed by atoms with Crippen LogP contribution in [0.15, 0.2) is 30.3 Å². The van der Waals surface area contributed by atoms with Crippen LogP contribution in [-0.2, 0) is 4.79 Å². The molecule has 1 rings (SSSR count). The molecular weight excluding hydrogens is 216 g/mol. The Morgan fingerprint density at radius 2 is 2.06 bits per heavy atom. The molecule has 0 spiro atoms. The number of carbonyl (C=O) groups is 1. The van der Waals surface area contributed by atoms with E-state index in [4.69, 9.17) is 5.73 Å². The third-order valence-electron chi connectivity index (χ3n) is 3.00. The minimum Gasteiger partial charge on any atom is -0.394 e. The van der Waals surface area contributed by atoms with Gasteiger partial charge in [0, 0.05) is 0 Å². The maximum absolute atomic E-state index is 11.9. The minimum atomic E-state index is -0.700. The summed E-state index contributed by atoms with van der Waals surface area (Å²) in [7, 11) is 0. The fourth-order valence-electron chi connectivity index (χ4n) is 1.43. The number of benzene rings is 1. The normalized spacial score (nSPS) is 16.0. The van der Waals surface area contributed by atoms with Gasteiger partial charge in [-0.1, -0.05) is 37.3 Å². The lowest BCUT2D eigenvalue weighted by atomic mass is 9.98. The Morgan fingerprint density at radius 1 is 1.47 bits per heavy atom. The highest BCUT2D eigenvalue weighted by Gasteiger charge is 2.26. The van der Waals surface area contributed by atoms with Crippen LogP contribution in [0.3, 0.4) is 0 Å². The SMILES string of the molecule is CCC(C)(CO)NC(=O)C(N)c1ccccc1. The first kappa shape index (κ1) is 13.7. The van der Waals surface area contributed by atoms with Gasteiger partial charge in [-0.2, -0.15) is 0 Å². The van der Waals surface area contributed by atoms with Crippen LogP contribution in [0.4, 0.5) is 0 Å². The van der Waals surface area contributed by atoms with Crippen LogP contribution >= 0.6 is 0 Å². The zero-order valence-corrected chi connectivity index (χ0v) is 10.3. The van der Waals surface area contributed by atoms with Crippen molar-refractivity contribution in [1.82, 2.24) is 5.32 Å². The average Bonchev–Trinajstić information content (AvgIpc) is 2.38. The first-order valence-electron chi connectivity index (χ1n) is 5.76. The predicted molar refractivity (Wildman–Crippen MR) is 67.3 cm³/mol. The summed E-state index contributed by atoms with van der Waals surface area (Å²) in [4.78, 5) is 11.9. The second kappa shape index (κ2) is 5.80. The first-order valence-corrected chi connectivity index (χ1v) is 5.76. The number of carbonyl (C=O) groups excluding carboxylic acids is 1. The molecular formula is C13H20N2O2. The number of hydrogen-bond donors (Lipinski definition) is 3. The summed E-state index contributed by atoms with van der Waals surface area (Å²) in [5.41, 5.74) is 6.02. The second-order valence-electron chi connectivity index (χ2n) is 4.45. The van der Waals surface area contributed by atoms with Gasteiger partial charge in [0.2, 0.25) is 5.91 Å². The zero-order chi connectivity index (χ0) is 12.9. The summed E-state index contributed by atoms with van der Waals surface area (Å²) in [5, 5.41) is 12.0. The fourth-order valence-corrected chi connectivity index (χ4v) is 1.43. The van der Waals surface area contributed by atoms with E-state index < -0.39 is 11.6 Å². The second-order valence-corrected chi connectivity index (χ2v) is 4.45. The lowest BCUT2D eigenvalue weighted by molar-refractivity contribution is -0.124. The van der Waals surface area contributed by atoms with Gasteiger partial charge in [0.15, 0.2) is 0 Å². The molecule has 0 aliphatic heterocycles. The third kappa shape index (κ3) is 3.54. The van der Waals surface area contributed by atoms with Crippen LogP contribution in [0.2, 0.25) is 0 Å². The van der Waals surface area contributed by atoms with Crippen LogP contribution < -0.4 is 11.1 Å². The zero-order valence-electron chi connectivity index (χ0n) is 10.3. The lowest BCUT2D eigenvalue weighted by Gasteiger charge is -2.28. The summed E-state index contributed by atoms with van der Waals surface area (Å²) in [6.07, 6.45) is 0.650. The van der Waals surface area contributed by atoms with Gasteiger partial charge in [-0.25, -0.2) is 0 Å². The molecule has 1 aromatic carbocycles. The summed E-state index contributed by atoms with van der Waals surface area (Å²) >= 11 is 0. The van der Waals surface area contributed by atoms with E-state index in [2.05, 4.69) is 5.32 Å². The molecule has 0 fully saturated rings. The molecule has 0 heterocycles. The molecule has 94 valence electrons. The van der Waals surface area contributed by atoms with E-state index in [1.54, 1.807) is 6.92 Å². The van der Waals surface area contributed by atoms with Gasteiger partial charge >= 0.3 is 0 Å². The summed E-state index contributed by atoms with van der Waals surface area (Å²) in [6.45, 7) is 3.60. The number of aliphatic hydroxyl groups excluding tert-OH is 1. The van der Waals surface area contributed by atoms with Gasteiger partial charge in [-0.15, -0.1) is 0 Å². The molecule has 2 atom stereocenters. The number of aliphatic hydroxyl groups is 1. The Bertz CT molecular complexity index is 361. The number of amides is 1. The molecule has 0 bridgehead atoms. The van der Waals surface area contributed by atoms with Gasteiger partial charge in [0.25, 0.3) is 0 Å². The van der Waals surface area contributed by atoms with Gasteiger partial charge in [-0.3, -0.25) is 4.79 Å². The van der Waals surface area contributed by atoms with Crippen LogP contribution in [0.5, 0.6) is 0 Å². The van der Waals surface area contributed by atoms with Crippen LogP contribution in [-0.4, -0.2) is 23.2 Å². The average molecular weight is 236 g/mol. The smallest absolute Gasteiger partial charge is 0.242 e. The van der Waals surface area contributed by atoms with Crippen molar-refractivity contribution in [3.63, 3.8) is 0 Å². The maximum Gasteiger partial charge on any atom is 0.242 e. The van der Waals surface area contributed by atoms with Gasteiger partial charge in [0.1, 0.15) is 6.04 Å². The largest absolute Gasteiger partial charge is 0.394 e. The Labute approximate surface area is 102 Å². The van der Waals surface area contributed by atoms with Gasteiger partial charge in [0.05, 0.1) is 12.1 Å². The van der Waals surface area contributed by atoms with Crippen LogP contribution in [0.25, 0.3) is 0 Å². The molecule has 1 aromatic rings. The topological polar surface area (TPSA) is 75.3 Å². The number of nitrogens with two attached hydrogens (primary N) is 1. The quantitative estimate of drug-likeness (QED) is 0.713. The number of rotatable bonds is 5. The van der Waals surface area contributed by atoms with Crippen LogP contribution in [0, 0.1) is 0 Å². The molecule has 0 radical (unpaired) electrons. The molecule has 17 heavy (non-hydrogen) atoms. The van der Waals surface area contributed by atoms with Crippen molar-refractivity contribution >= 4 is 5.91 Å². The van der Waals surface area contributed by atoms with Crippen molar-refractivity contribution in [3.05, 3.63) is 35.9 Å². The predicted octanol–water partition coefficient (Wildman–Crippen LogP) is 0.964. The van der Waals surface area contributed by atoms with E-state index in [0.29, 0.717) is 6.42 Å². The van der Waals surface area contributed by atoms with Crippen molar-refractivity contribution in [3.8, 4) is 0 Å². The fraction of sp³-hybridized carbons (Fsp3) is 0.462. The highest BCUT2D eigenvalue weighted by Crippen LogP contribution is 2.13. The van der Waals surface area contributed by atoms with Crippen molar-refractivity contribution in [2.24, 2.45) is 5.73 Å². The van der Waals surface area contributed by atoms with E-state index in [1.165, 1.54) is 0 Å². The summed E-state index contributed by atoms with van der Waals surface area (Å²) in [6, 6.07) is 8.48. The van der Waals surface area contributed by atoms with E-state index >= 15 is 0 Å². The minimum absolute atomic E-state index is 0.100. The van der Waals surface area contributed by atoms with Crippen LogP contribution in [0.1, 0.15) is 31.9 Å². The highest BCUT2D eigenvalue weighted by molar-refractivity contribution is 5.83. The Balaban J connectivity index is 2.71. The van der Waals surface area contributed by atoms with Crippen molar-refractivity contribution in [2.75, 3.05) is 6.61 Å². The van der Waals surface area contributed by atoms with E-state index in [0.717, 1.165) is 5.56 Å². The molecule has 4 nitrogen and oxygen atoms in total. The molecule has 0 aromatic heterocycles. The highest BCUT2D eigenvalue weighted by atomic mass is 16.3. The number of nitrogens with one attached hydrogen (secondary N) is 1. The summed E-state index contributed by atoms with van der Waals surface area (Å²) < 4.78 is 0. The van der Waals surface area contributed by atoms with Gasteiger partial charge < -0.3 is 16.2 Å². The van der Waals surface area contributed by atoms with E-state index in [1.807, 2.05) is 37.3 Å².